The van der Waals surface area contributed by atoms with Gasteiger partial charge in [0.25, 0.3) is 0 Å². The second-order valence-corrected chi connectivity index (χ2v) is 4.15. The highest BCUT2D eigenvalue weighted by Crippen LogP contribution is 2.11. The van der Waals surface area contributed by atoms with Crippen molar-refractivity contribution in [3.05, 3.63) is 6.33 Å². The first-order valence-electron chi connectivity index (χ1n) is 3.74. The molecule has 13 heavy (non-hydrogen) atoms. The molecule has 0 atom stereocenters. The van der Waals surface area contributed by atoms with E-state index in [0.717, 1.165) is 11.5 Å². The number of nitrogens with one attached hydrogen (secondary N) is 1. The van der Waals surface area contributed by atoms with E-state index in [4.69, 9.17) is 4.74 Å². The van der Waals surface area contributed by atoms with Gasteiger partial charge < -0.3 is 4.74 Å². The normalized spacial score (nSPS) is 11.0. The number of nitrogens with zero attached hydrogens (tertiary/aromatic N) is 2. The Kier molecular flexibility index (Phi) is 2.82. The third-order valence-corrected chi connectivity index (χ3v) is 1.55. The molecular formula is C7H11N3O2S. The molecule has 0 radical (unpaired) electrons. The third kappa shape index (κ3) is 3.84. The smallest absolute Gasteiger partial charge is 0.414 e. The van der Waals surface area contributed by atoms with Crippen molar-refractivity contribution in [1.29, 1.82) is 0 Å². The molecule has 0 fully saturated rings. The van der Waals surface area contributed by atoms with Gasteiger partial charge in [0.2, 0.25) is 5.13 Å². The number of carbonyl (C=O) groups excluding carboxylic acids is 1. The molecule has 5 nitrogen and oxygen atoms in total. The summed E-state index contributed by atoms with van der Waals surface area (Å²) >= 11 is 1.10. The lowest BCUT2D eigenvalue weighted by Gasteiger charge is -2.18. The molecule has 1 N–H and O–H groups in total. The van der Waals surface area contributed by atoms with Crippen LogP contribution in [0.25, 0.3) is 0 Å². The van der Waals surface area contributed by atoms with Crippen molar-refractivity contribution >= 4 is 22.8 Å². The molecule has 6 heteroatoms. The molecule has 72 valence electrons. The second-order valence-electron chi connectivity index (χ2n) is 3.37. The monoisotopic (exact) mass is 201 g/mol. The molecular weight excluding hydrogens is 190 g/mol. The van der Waals surface area contributed by atoms with E-state index < -0.39 is 11.7 Å². The lowest BCUT2D eigenvalue weighted by molar-refractivity contribution is 0.0636. The molecule has 0 saturated carbocycles. The summed E-state index contributed by atoms with van der Waals surface area (Å²) in [6.45, 7) is 5.39. The standard InChI is InChI=1S/C7H11N3O2S/c1-7(2,3)12-6(11)10-5-8-4-9-13-5/h4H,1-3H3,(H,8,9,10,11). The maximum Gasteiger partial charge on any atom is 0.414 e. The van der Waals surface area contributed by atoms with Crippen molar-refractivity contribution < 1.29 is 9.53 Å². The largest absolute Gasteiger partial charge is 0.444 e. The van der Waals surface area contributed by atoms with E-state index in [1.807, 2.05) is 0 Å². The molecule has 1 amide bonds. The Balaban J connectivity index is 2.43. The first-order chi connectivity index (χ1) is 5.97. The van der Waals surface area contributed by atoms with E-state index in [1.165, 1.54) is 6.33 Å². The Morgan fingerprint density at radius 3 is 2.77 bits per heavy atom. The van der Waals surface area contributed by atoms with Gasteiger partial charge in [-0.1, -0.05) is 0 Å². The summed E-state index contributed by atoms with van der Waals surface area (Å²) in [5, 5.41) is 2.90. The summed E-state index contributed by atoms with van der Waals surface area (Å²) in [5.74, 6) is 0. The van der Waals surface area contributed by atoms with E-state index in [0.29, 0.717) is 5.13 Å². The van der Waals surface area contributed by atoms with Gasteiger partial charge in [-0.25, -0.2) is 9.78 Å². The van der Waals surface area contributed by atoms with Crippen molar-refractivity contribution in [2.45, 2.75) is 26.4 Å². The Morgan fingerprint density at radius 1 is 1.62 bits per heavy atom. The molecule has 1 heterocycles. The van der Waals surface area contributed by atoms with E-state index in [9.17, 15) is 4.79 Å². The summed E-state index contributed by atoms with van der Waals surface area (Å²) in [7, 11) is 0. The van der Waals surface area contributed by atoms with Crippen molar-refractivity contribution in [3.63, 3.8) is 0 Å². The summed E-state index contributed by atoms with van der Waals surface area (Å²) in [6, 6.07) is 0. The zero-order valence-corrected chi connectivity index (χ0v) is 8.51. The first kappa shape index (κ1) is 9.91. The molecule has 0 aliphatic rings. The molecule has 0 saturated heterocycles. The van der Waals surface area contributed by atoms with E-state index in [-0.39, 0.29) is 0 Å². The van der Waals surface area contributed by atoms with Crippen molar-refractivity contribution in [1.82, 2.24) is 9.36 Å². The zero-order chi connectivity index (χ0) is 9.90. The van der Waals surface area contributed by atoms with Crippen LogP contribution in [-0.4, -0.2) is 21.1 Å². The Hall–Kier alpha value is -1.17. The Morgan fingerprint density at radius 2 is 2.31 bits per heavy atom. The number of rotatable bonds is 1. The maximum absolute atomic E-state index is 11.1. The van der Waals surface area contributed by atoms with Crippen LogP contribution in [-0.2, 0) is 4.74 Å². The lowest BCUT2D eigenvalue weighted by Crippen LogP contribution is -2.27. The highest BCUT2D eigenvalue weighted by Gasteiger charge is 2.16. The number of anilines is 1. The second kappa shape index (κ2) is 3.69. The minimum Gasteiger partial charge on any atom is -0.444 e. The molecule has 1 aromatic heterocycles. The average Bonchev–Trinajstić information content (AvgIpc) is 2.34. The lowest BCUT2D eigenvalue weighted by atomic mass is 10.2. The molecule has 0 aliphatic carbocycles. The van der Waals surface area contributed by atoms with Gasteiger partial charge in [0.05, 0.1) is 0 Å². The summed E-state index contributed by atoms with van der Waals surface area (Å²) in [4.78, 5) is 14.9. The Bertz CT molecular complexity index is 278. The molecule has 1 aromatic rings. The van der Waals surface area contributed by atoms with Gasteiger partial charge >= 0.3 is 6.09 Å². The number of hydrogen-bond donors (Lipinski definition) is 1. The highest BCUT2D eigenvalue weighted by molar-refractivity contribution is 7.09. The van der Waals surface area contributed by atoms with Crippen LogP contribution in [0.5, 0.6) is 0 Å². The SMILES string of the molecule is CC(C)(C)OC(=O)Nc1ncns1. The summed E-state index contributed by atoms with van der Waals surface area (Å²) < 4.78 is 8.73. The van der Waals surface area contributed by atoms with Gasteiger partial charge in [-0.2, -0.15) is 4.37 Å². The summed E-state index contributed by atoms with van der Waals surface area (Å²) in [6.07, 6.45) is 0.862. The number of hydrogen-bond acceptors (Lipinski definition) is 5. The fraction of sp³-hybridized carbons (Fsp3) is 0.571. The minimum absolute atomic E-state index is 0.439. The molecule has 0 unspecified atom stereocenters. The number of carbonyl (C=O) groups is 1. The van der Waals surface area contributed by atoms with Gasteiger partial charge in [0.1, 0.15) is 11.9 Å². The first-order valence-corrected chi connectivity index (χ1v) is 4.51. The highest BCUT2D eigenvalue weighted by atomic mass is 32.1. The van der Waals surface area contributed by atoms with Gasteiger partial charge in [0, 0.05) is 11.5 Å². The fourth-order valence-electron chi connectivity index (χ4n) is 0.619. The predicted molar refractivity (Wildman–Crippen MR) is 49.8 cm³/mol. The van der Waals surface area contributed by atoms with Crippen LogP contribution < -0.4 is 5.32 Å². The quantitative estimate of drug-likeness (QED) is 0.753. The number of amides is 1. The van der Waals surface area contributed by atoms with Crippen LogP contribution in [0.3, 0.4) is 0 Å². The van der Waals surface area contributed by atoms with Crippen molar-refractivity contribution in [3.8, 4) is 0 Å². The summed E-state index contributed by atoms with van der Waals surface area (Å²) in [5.41, 5.74) is -0.491. The third-order valence-electron chi connectivity index (χ3n) is 0.969. The van der Waals surface area contributed by atoms with Crippen molar-refractivity contribution in [2.75, 3.05) is 5.32 Å². The molecule has 0 spiro atoms. The van der Waals surface area contributed by atoms with E-state index in [1.54, 1.807) is 20.8 Å². The van der Waals surface area contributed by atoms with Crippen LogP contribution >= 0.6 is 11.5 Å². The number of ether oxygens (including phenoxy) is 1. The van der Waals surface area contributed by atoms with Gasteiger partial charge in [0.15, 0.2) is 0 Å². The maximum atomic E-state index is 11.1. The number of aromatic nitrogens is 2. The average molecular weight is 201 g/mol. The molecule has 0 aromatic carbocycles. The van der Waals surface area contributed by atoms with E-state index in [2.05, 4.69) is 14.7 Å². The van der Waals surface area contributed by atoms with Crippen LogP contribution in [0, 0.1) is 0 Å². The minimum atomic E-state index is -0.510. The molecule has 1 rings (SSSR count). The van der Waals surface area contributed by atoms with Crippen LogP contribution in [0.1, 0.15) is 20.8 Å². The zero-order valence-electron chi connectivity index (χ0n) is 7.70. The van der Waals surface area contributed by atoms with Crippen LogP contribution in [0.15, 0.2) is 6.33 Å². The molecule has 0 aliphatic heterocycles. The van der Waals surface area contributed by atoms with Crippen molar-refractivity contribution in [2.24, 2.45) is 0 Å². The predicted octanol–water partition coefficient (Wildman–Crippen LogP) is 1.89. The molecule has 0 bridgehead atoms. The van der Waals surface area contributed by atoms with E-state index >= 15 is 0 Å². The van der Waals surface area contributed by atoms with Crippen LogP contribution in [0.2, 0.25) is 0 Å². The van der Waals surface area contributed by atoms with Crippen LogP contribution in [0.4, 0.5) is 9.93 Å². The topological polar surface area (TPSA) is 64.1 Å². The van der Waals surface area contributed by atoms with Gasteiger partial charge in [-0.3, -0.25) is 5.32 Å². The fourth-order valence-corrected chi connectivity index (χ4v) is 1.04. The van der Waals surface area contributed by atoms with Gasteiger partial charge in [-0.05, 0) is 20.8 Å². The Labute approximate surface area is 80.3 Å². The van der Waals surface area contributed by atoms with Gasteiger partial charge in [-0.15, -0.1) is 0 Å².